The van der Waals surface area contributed by atoms with E-state index in [0.717, 1.165) is 10.5 Å². The summed E-state index contributed by atoms with van der Waals surface area (Å²) in [4.78, 5) is 2.64. The summed E-state index contributed by atoms with van der Waals surface area (Å²) in [6.07, 6.45) is 2.62. The first kappa shape index (κ1) is 16.9. The second-order valence-electron chi connectivity index (χ2n) is 8.38. The van der Waals surface area contributed by atoms with Crippen LogP contribution in [-0.2, 0) is 0 Å². The fraction of sp³-hybridized carbons (Fsp3) is 1.00. The number of hydrogen-bond donors (Lipinski definition) is 1. The van der Waals surface area contributed by atoms with E-state index in [-0.39, 0.29) is 0 Å². The first-order valence-corrected chi connectivity index (χ1v) is 7.87. The third-order valence-electron chi connectivity index (χ3n) is 4.22. The smallest absolute Gasteiger partial charge is 0.0909 e. The highest BCUT2D eigenvalue weighted by molar-refractivity contribution is 4.88. The van der Waals surface area contributed by atoms with Gasteiger partial charge in [-0.1, -0.05) is 13.8 Å². The van der Waals surface area contributed by atoms with Crippen molar-refractivity contribution in [3.63, 3.8) is 0 Å². The van der Waals surface area contributed by atoms with Crippen LogP contribution in [0.3, 0.4) is 0 Å². The molecule has 0 bridgehead atoms. The highest BCUT2D eigenvalue weighted by Crippen LogP contribution is 2.28. The van der Waals surface area contributed by atoms with Gasteiger partial charge in [0.05, 0.1) is 27.7 Å². The average Bonchev–Trinajstić information content (AvgIpc) is 2.56. The number of nitrogens with one attached hydrogen (secondary N) is 1. The molecule has 0 spiro atoms. The van der Waals surface area contributed by atoms with E-state index < -0.39 is 0 Å². The minimum Gasteiger partial charge on any atom is -0.330 e. The van der Waals surface area contributed by atoms with Crippen molar-refractivity contribution in [3.8, 4) is 0 Å². The fourth-order valence-corrected chi connectivity index (χ4v) is 2.81. The van der Waals surface area contributed by atoms with Gasteiger partial charge in [0.25, 0.3) is 0 Å². The third kappa shape index (κ3) is 6.73. The van der Waals surface area contributed by atoms with Crippen molar-refractivity contribution in [2.75, 3.05) is 47.3 Å². The Hall–Kier alpha value is -0.120. The normalized spacial score (nSPS) is 23.5. The van der Waals surface area contributed by atoms with Crippen LogP contribution in [0.15, 0.2) is 0 Å². The van der Waals surface area contributed by atoms with Gasteiger partial charge in [-0.25, -0.2) is 0 Å². The van der Waals surface area contributed by atoms with Crippen molar-refractivity contribution in [1.29, 1.82) is 0 Å². The van der Waals surface area contributed by atoms with Crippen molar-refractivity contribution < 1.29 is 4.48 Å². The van der Waals surface area contributed by atoms with E-state index in [1.54, 1.807) is 0 Å². The molecule has 1 N–H and O–H groups in total. The number of rotatable bonds is 7. The molecule has 3 heteroatoms. The molecule has 0 radical (unpaired) electrons. The van der Waals surface area contributed by atoms with Crippen LogP contribution < -0.4 is 5.32 Å². The lowest BCUT2D eigenvalue weighted by molar-refractivity contribution is -0.869. The summed E-state index contributed by atoms with van der Waals surface area (Å²) in [6.45, 7) is 14.2. The fourth-order valence-electron chi connectivity index (χ4n) is 2.81. The number of nitrogens with zero attached hydrogens (tertiary/aromatic N) is 2. The van der Waals surface area contributed by atoms with Gasteiger partial charge < -0.3 is 9.80 Å². The van der Waals surface area contributed by atoms with Crippen molar-refractivity contribution in [2.24, 2.45) is 5.41 Å². The van der Waals surface area contributed by atoms with Gasteiger partial charge in [0, 0.05) is 31.7 Å². The number of likely N-dealkylation sites (N-methyl/N-ethyl adjacent to an activating group) is 1. The molecule has 0 aromatic carbocycles. The molecule has 0 aromatic heterocycles. The Morgan fingerprint density at radius 2 is 1.84 bits per heavy atom. The van der Waals surface area contributed by atoms with Crippen molar-refractivity contribution in [2.45, 2.75) is 52.6 Å². The summed E-state index contributed by atoms with van der Waals surface area (Å²) in [5.41, 5.74) is 0.496. The topological polar surface area (TPSA) is 15.3 Å². The zero-order valence-corrected chi connectivity index (χ0v) is 14.3. The third-order valence-corrected chi connectivity index (χ3v) is 4.22. The Bertz CT molecular complexity index is 266. The lowest BCUT2D eigenvalue weighted by atomic mass is 9.90. The average molecular weight is 270 g/mol. The summed E-state index contributed by atoms with van der Waals surface area (Å²) >= 11 is 0. The first-order chi connectivity index (χ1) is 8.59. The van der Waals surface area contributed by atoms with Crippen LogP contribution in [0.5, 0.6) is 0 Å². The Labute approximate surface area is 120 Å². The van der Waals surface area contributed by atoms with Crippen LogP contribution in [0.25, 0.3) is 0 Å². The maximum atomic E-state index is 3.68. The molecular weight excluding hydrogens is 234 g/mol. The van der Waals surface area contributed by atoms with Gasteiger partial charge in [-0.2, -0.15) is 0 Å². The van der Waals surface area contributed by atoms with Gasteiger partial charge in [-0.15, -0.1) is 0 Å². The van der Waals surface area contributed by atoms with Crippen LogP contribution in [0.1, 0.15) is 40.5 Å². The quantitative estimate of drug-likeness (QED) is 0.713. The Balaban J connectivity index is 2.34. The number of quaternary nitrogens is 1. The van der Waals surface area contributed by atoms with Gasteiger partial charge in [0.15, 0.2) is 0 Å². The maximum absolute atomic E-state index is 3.68. The minimum atomic E-state index is 0.496. The van der Waals surface area contributed by atoms with Crippen molar-refractivity contribution >= 4 is 0 Å². The van der Waals surface area contributed by atoms with E-state index in [9.17, 15) is 0 Å². The first-order valence-electron chi connectivity index (χ1n) is 7.87. The molecule has 1 aliphatic rings. The Morgan fingerprint density at radius 1 is 1.21 bits per heavy atom. The molecular formula is C16H36N3+. The molecule has 1 atom stereocenters. The van der Waals surface area contributed by atoms with Crippen LogP contribution in [-0.4, -0.2) is 68.8 Å². The summed E-state index contributed by atoms with van der Waals surface area (Å²) < 4.78 is 1.05. The van der Waals surface area contributed by atoms with Gasteiger partial charge >= 0.3 is 0 Å². The number of hydrogen-bond acceptors (Lipinski definition) is 2. The lowest BCUT2D eigenvalue weighted by Gasteiger charge is -2.32. The summed E-state index contributed by atoms with van der Waals surface area (Å²) in [6, 6.07) is 1.38. The van der Waals surface area contributed by atoms with E-state index in [1.165, 1.54) is 39.0 Å². The molecule has 1 fully saturated rings. The predicted molar refractivity (Wildman–Crippen MR) is 84.4 cm³/mol. The Morgan fingerprint density at radius 3 is 2.26 bits per heavy atom. The molecule has 19 heavy (non-hydrogen) atoms. The van der Waals surface area contributed by atoms with Gasteiger partial charge in [0.1, 0.15) is 0 Å². The largest absolute Gasteiger partial charge is 0.330 e. The molecule has 0 aliphatic carbocycles. The Kier molecular flexibility index (Phi) is 5.84. The second kappa shape index (κ2) is 6.55. The van der Waals surface area contributed by atoms with E-state index in [4.69, 9.17) is 0 Å². The highest BCUT2D eigenvalue weighted by atomic mass is 15.3. The van der Waals surface area contributed by atoms with Gasteiger partial charge in [0.2, 0.25) is 0 Å². The van der Waals surface area contributed by atoms with Crippen LogP contribution in [0, 0.1) is 5.41 Å². The minimum absolute atomic E-state index is 0.496. The molecule has 0 saturated carbocycles. The lowest BCUT2D eigenvalue weighted by Crippen LogP contribution is -2.45. The highest BCUT2D eigenvalue weighted by Gasteiger charge is 2.30. The molecule has 114 valence electrons. The van der Waals surface area contributed by atoms with E-state index in [0.29, 0.717) is 11.5 Å². The van der Waals surface area contributed by atoms with Crippen LogP contribution >= 0.6 is 0 Å². The van der Waals surface area contributed by atoms with Crippen molar-refractivity contribution in [3.05, 3.63) is 0 Å². The standard InChI is InChI=1S/C16H36N3/c1-14(2)18(10-11-19(5,6)7)9-8-15-12-16(3,4)13-17-15/h14-15,17H,8-13H2,1-7H3/q+1. The van der Waals surface area contributed by atoms with E-state index >= 15 is 0 Å². The SMILES string of the molecule is CC(C)N(CCC1CC(C)(C)CN1)CC[N+](C)(C)C. The molecule has 1 aliphatic heterocycles. The molecule has 1 heterocycles. The van der Waals surface area contributed by atoms with E-state index in [2.05, 4.69) is 59.1 Å². The summed E-state index contributed by atoms with van der Waals surface area (Å²) in [5, 5.41) is 3.68. The molecule has 1 saturated heterocycles. The molecule has 0 aromatic rings. The predicted octanol–water partition coefficient (Wildman–Crippen LogP) is 2.18. The molecule has 3 nitrogen and oxygen atoms in total. The summed E-state index contributed by atoms with van der Waals surface area (Å²) in [5.74, 6) is 0. The molecule has 1 unspecified atom stereocenters. The maximum Gasteiger partial charge on any atom is 0.0909 e. The van der Waals surface area contributed by atoms with E-state index in [1.807, 2.05) is 0 Å². The second-order valence-corrected chi connectivity index (χ2v) is 8.38. The van der Waals surface area contributed by atoms with Crippen molar-refractivity contribution in [1.82, 2.24) is 10.2 Å². The van der Waals surface area contributed by atoms with Gasteiger partial charge in [-0.3, -0.25) is 4.90 Å². The van der Waals surface area contributed by atoms with Crippen LogP contribution in [0.4, 0.5) is 0 Å². The zero-order chi connectivity index (χ0) is 14.7. The molecule has 0 amide bonds. The van der Waals surface area contributed by atoms with Gasteiger partial charge in [-0.05, 0) is 32.1 Å². The molecule has 1 rings (SSSR count). The zero-order valence-electron chi connectivity index (χ0n) is 14.3. The van der Waals surface area contributed by atoms with Crippen LogP contribution in [0.2, 0.25) is 0 Å². The monoisotopic (exact) mass is 270 g/mol. The summed E-state index contributed by atoms with van der Waals surface area (Å²) in [7, 11) is 6.83.